The molecule has 2 saturated carbocycles. The number of carbonyl (C=O) groups is 4. The van der Waals surface area contributed by atoms with Crippen LogP contribution in [0.5, 0.6) is 0 Å². The lowest BCUT2D eigenvalue weighted by molar-refractivity contribution is -0.152. The maximum Gasteiger partial charge on any atom is 0.249 e. The number of rotatable bonds is 1. The molecule has 0 aromatic rings. The van der Waals surface area contributed by atoms with E-state index in [9.17, 15) is 19.2 Å². The van der Waals surface area contributed by atoms with Crippen LogP contribution in [0.1, 0.15) is 32.1 Å². The zero-order valence-corrected chi connectivity index (χ0v) is 11.0. The van der Waals surface area contributed by atoms with E-state index in [-0.39, 0.29) is 42.4 Å². The van der Waals surface area contributed by atoms with Gasteiger partial charge in [-0.15, -0.1) is 0 Å². The van der Waals surface area contributed by atoms with Crippen LogP contribution in [0, 0.1) is 23.7 Å². The van der Waals surface area contributed by atoms with Crippen molar-refractivity contribution >= 4 is 23.6 Å². The molecule has 0 radical (unpaired) electrons. The Bertz CT molecular complexity index is 515. The van der Waals surface area contributed by atoms with Gasteiger partial charge < -0.3 is 0 Å². The van der Waals surface area contributed by atoms with Gasteiger partial charge in [-0.1, -0.05) is 0 Å². The van der Waals surface area contributed by atoms with E-state index in [1.54, 1.807) is 0 Å². The molecule has 2 heterocycles. The number of nitrogens with zero attached hydrogens (tertiary/aromatic N) is 1. The van der Waals surface area contributed by atoms with Crippen LogP contribution in [-0.2, 0) is 19.2 Å². The summed E-state index contributed by atoms with van der Waals surface area (Å²) in [4.78, 5) is 49.4. The van der Waals surface area contributed by atoms with E-state index in [0.717, 1.165) is 19.3 Å². The molecule has 20 heavy (non-hydrogen) atoms. The molecule has 6 heteroatoms. The van der Waals surface area contributed by atoms with Gasteiger partial charge in [-0.25, -0.2) is 0 Å². The van der Waals surface area contributed by atoms with Crippen LogP contribution in [0.4, 0.5) is 0 Å². The van der Waals surface area contributed by atoms with Gasteiger partial charge in [0.25, 0.3) is 0 Å². The van der Waals surface area contributed by atoms with Gasteiger partial charge in [0.2, 0.25) is 23.6 Å². The monoisotopic (exact) mass is 276 g/mol. The second-order valence-corrected chi connectivity index (χ2v) is 6.40. The third kappa shape index (κ3) is 1.39. The fourth-order valence-corrected chi connectivity index (χ4v) is 4.67. The van der Waals surface area contributed by atoms with E-state index in [1.807, 2.05) is 0 Å². The van der Waals surface area contributed by atoms with E-state index in [0.29, 0.717) is 11.8 Å². The molecule has 1 N–H and O–H groups in total. The second-order valence-electron chi connectivity index (χ2n) is 6.40. The molecule has 2 aliphatic carbocycles. The van der Waals surface area contributed by atoms with Crippen LogP contribution in [0.3, 0.4) is 0 Å². The molecule has 4 amide bonds. The zero-order chi connectivity index (χ0) is 14.0. The Labute approximate surface area is 115 Å². The summed E-state index contributed by atoms with van der Waals surface area (Å²) < 4.78 is 0. The van der Waals surface area contributed by atoms with Crippen molar-refractivity contribution in [1.82, 2.24) is 10.2 Å². The van der Waals surface area contributed by atoms with E-state index in [1.165, 1.54) is 4.90 Å². The molecular weight excluding hydrogens is 260 g/mol. The molecule has 0 spiro atoms. The van der Waals surface area contributed by atoms with E-state index >= 15 is 0 Å². The predicted molar refractivity (Wildman–Crippen MR) is 65.8 cm³/mol. The molecule has 4 aliphatic rings. The average molecular weight is 276 g/mol. The van der Waals surface area contributed by atoms with Crippen LogP contribution in [0.2, 0.25) is 0 Å². The summed E-state index contributed by atoms with van der Waals surface area (Å²) in [5.74, 6) is -0.956. The lowest BCUT2D eigenvalue weighted by Crippen LogP contribution is -2.54. The Morgan fingerprint density at radius 2 is 1.50 bits per heavy atom. The fourth-order valence-electron chi connectivity index (χ4n) is 4.67. The number of carbonyl (C=O) groups excluding carboxylic acids is 4. The normalized spacial score (nSPS) is 43.2. The van der Waals surface area contributed by atoms with Gasteiger partial charge in [-0.2, -0.15) is 0 Å². The molecule has 5 atom stereocenters. The predicted octanol–water partition coefficient (Wildman–Crippen LogP) is -0.177. The highest BCUT2D eigenvalue weighted by Gasteiger charge is 2.62. The fraction of sp³-hybridized carbons (Fsp3) is 0.714. The van der Waals surface area contributed by atoms with Crippen LogP contribution in [-0.4, -0.2) is 34.6 Å². The molecule has 0 aromatic carbocycles. The van der Waals surface area contributed by atoms with E-state index < -0.39 is 11.9 Å². The number of nitrogens with one attached hydrogen (secondary N) is 1. The van der Waals surface area contributed by atoms with Crippen LogP contribution >= 0.6 is 0 Å². The number of likely N-dealkylation sites (tertiary alicyclic amines) is 1. The van der Waals surface area contributed by atoms with Gasteiger partial charge in [0.05, 0.1) is 11.8 Å². The van der Waals surface area contributed by atoms with E-state index in [4.69, 9.17) is 0 Å². The van der Waals surface area contributed by atoms with Gasteiger partial charge >= 0.3 is 0 Å². The molecule has 4 fully saturated rings. The Balaban J connectivity index is 1.64. The summed E-state index contributed by atoms with van der Waals surface area (Å²) in [7, 11) is 0. The summed E-state index contributed by atoms with van der Waals surface area (Å²) in [6, 6.07) is -0.780. The highest BCUT2D eigenvalue weighted by molar-refractivity contribution is 6.11. The van der Waals surface area contributed by atoms with Crippen LogP contribution < -0.4 is 5.32 Å². The second kappa shape index (κ2) is 3.90. The molecule has 4 rings (SSSR count). The minimum absolute atomic E-state index is 0.179. The van der Waals surface area contributed by atoms with Crippen molar-refractivity contribution in [3.8, 4) is 0 Å². The number of piperidine rings is 1. The minimum atomic E-state index is -0.780. The number of hydrogen-bond acceptors (Lipinski definition) is 4. The van der Waals surface area contributed by atoms with Crippen molar-refractivity contribution in [2.24, 2.45) is 23.7 Å². The van der Waals surface area contributed by atoms with Crippen molar-refractivity contribution in [2.45, 2.75) is 38.1 Å². The first-order valence-electron chi connectivity index (χ1n) is 7.28. The van der Waals surface area contributed by atoms with Crippen LogP contribution in [0.25, 0.3) is 0 Å². The summed E-state index contributed by atoms with van der Waals surface area (Å²) in [6.07, 6.45) is 3.48. The molecule has 0 unspecified atom stereocenters. The first-order valence-corrected chi connectivity index (χ1v) is 7.28. The molecule has 6 nitrogen and oxygen atoms in total. The summed E-state index contributed by atoms with van der Waals surface area (Å²) in [5.41, 5.74) is 0. The van der Waals surface area contributed by atoms with Gasteiger partial charge in [-0.3, -0.25) is 29.4 Å². The lowest BCUT2D eigenvalue weighted by atomic mass is 9.81. The Morgan fingerprint density at radius 3 is 2.05 bits per heavy atom. The van der Waals surface area contributed by atoms with Gasteiger partial charge in [0.1, 0.15) is 6.04 Å². The van der Waals surface area contributed by atoms with Crippen molar-refractivity contribution in [2.75, 3.05) is 0 Å². The summed E-state index contributed by atoms with van der Waals surface area (Å²) in [5, 5.41) is 2.23. The SMILES string of the molecule is O=C1CC[C@@H](N2C(=O)[C@@H]3[C@H]4CC[C@@H](C4)[C@@H]3C2=O)C(=O)N1. The molecule has 2 bridgehead atoms. The van der Waals surface area contributed by atoms with E-state index in [2.05, 4.69) is 5.32 Å². The van der Waals surface area contributed by atoms with Gasteiger partial charge in [0.15, 0.2) is 0 Å². The largest absolute Gasteiger partial charge is 0.295 e. The number of amides is 4. The maximum absolute atomic E-state index is 12.6. The molecule has 2 saturated heterocycles. The zero-order valence-electron chi connectivity index (χ0n) is 11.0. The third-order valence-corrected chi connectivity index (χ3v) is 5.48. The molecule has 2 aliphatic heterocycles. The van der Waals surface area contributed by atoms with Crippen LogP contribution in [0.15, 0.2) is 0 Å². The smallest absolute Gasteiger partial charge is 0.249 e. The summed E-state index contributed by atoms with van der Waals surface area (Å²) in [6.45, 7) is 0. The molecule has 106 valence electrons. The third-order valence-electron chi connectivity index (χ3n) is 5.48. The average Bonchev–Trinajstić information content (AvgIpc) is 3.06. The van der Waals surface area contributed by atoms with Crippen molar-refractivity contribution in [3.63, 3.8) is 0 Å². The number of imide groups is 2. The van der Waals surface area contributed by atoms with Crippen molar-refractivity contribution in [1.29, 1.82) is 0 Å². The Hall–Kier alpha value is -1.72. The lowest BCUT2D eigenvalue weighted by Gasteiger charge is -2.29. The van der Waals surface area contributed by atoms with Crippen molar-refractivity contribution < 1.29 is 19.2 Å². The molecule has 0 aromatic heterocycles. The topological polar surface area (TPSA) is 83.6 Å². The Kier molecular flexibility index (Phi) is 2.35. The highest BCUT2D eigenvalue weighted by Crippen LogP contribution is 2.56. The quantitative estimate of drug-likeness (QED) is 0.674. The van der Waals surface area contributed by atoms with Gasteiger partial charge in [0, 0.05) is 6.42 Å². The Morgan fingerprint density at radius 1 is 0.900 bits per heavy atom. The maximum atomic E-state index is 12.6. The summed E-state index contributed by atoms with van der Waals surface area (Å²) >= 11 is 0. The van der Waals surface area contributed by atoms with Gasteiger partial charge in [-0.05, 0) is 37.5 Å². The molecular formula is C14H16N2O4. The standard InChI is InChI=1S/C14H16N2O4/c17-9-4-3-8(12(18)15-9)16-13(19)10-6-1-2-7(5-6)11(10)14(16)20/h6-8,10-11H,1-5H2,(H,15,17,18)/t6-,7-,8+,10-,11+/m0/s1. The number of fused-ring (bicyclic) bond motifs is 5. The van der Waals surface area contributed by atoms with Crippen molar-refractivity contribution in [3.05, 3.63) is 0 Å². The highest BCUT2D eigenvalue weighted by atomic mass is 16.2. The first kappa shape index (κ1) is 12.1. The number of hydrogen-bond donors (Lipinski definition) is 1. The first-order chi connectivity index (χ1) is 9.58. The minimum Gasteiger partial charge on any atom is -0.295 e.